The van der Waals surface area contributed by atoms with Crippen LogP contribution in [0.3, 0.4) is 0 Å². The summed E-state index contributed by atoms with van der Waals surface area (Å²) in [5, 5.41) is 0. The second kappa shape index (κ2) is 6.86. The van der Waals surface area contributed by atoms with Crippen molar-refractivity contribution in [3.8, 4) is 0 Å². The average Bonchev–Trinajstić information content (AvgIpc) is 2.92. The highest BCUT2D eigenvalue weighted by Gasteiger charge is 2.21. The molecule has 0 atom stereocenters. The zero-order valence-corrected chi connectivity index (χ0v) is 13.9. The van der Waals surface area contributed by atoms with E-state index >= 15 is 0 Å². The monoisotopic (exact) mass is 312 g/mol. The van der Waals surface area contributed by atoms with Gasteiger partial charge in [0.05, 0.1) is 0 Å². The van der Waals surface area contributed by atoms with Crippen LogP contribution in [0.4, 0.5) is 5.82 Å². The SMILES string of the molecule is Cc1ccc(C)n1CCC(=O)N1CCN(c2ccccn2)CC1. The van der Waals surface area contributed by atoms with E-state index in [0.717, 1.165) is 38.5 Å². The molecule has 5 heteroatoms. The molecular formula is C18H24N4O. The molecule has 1 saturated heterocycles. The molecule has 1 aliphatic heterocycles. The minimum absolute atomic E-state index is 0.248. The molecule has 5 nitrogen and oxygen atoms in total. The molecule has 2 aromatic rings. The summed E-state index contributed by atoms with van der Waals surface area (Å²) in [4.78, 5) is 21.0. The van der Waals surface area contributed by atoms with Crippen LogP contribution in [0.15, 0.2) is 36.5 Å². The first-order valence-corrected chi connectivity index (χ1v) is 8.21. The first-order valence-electron chi connectivity index (χ1n) is 8.21. The van der Waals surface area contributed by atoms with Crippen LogP contribution in [0.2, 0.25) is 0 Å². The first kappa shape index (κ1) is 15.6. The van der Waals surface area contributed by atoms with E-state index in [0.29, 0.717) is 6.42 Å². The summed E-state index contributed by atoms with van der Waals surface area (Å²) in [5.74, 6) is 1.25. The van der Waals surface area contributed by atoms with Crippen molar-refractivity contribution in [2.75, 3.05) is 31.1 Å². The molecule has 1 amide bonds. The normalized spacial score (nSPS) is 15.0. The van der Waals surface area contributed by atoms with E-state index in [9.17, 15) is 4.79 Å². The van der Waals surface area contributed by atoms with Crippen LogP contribution in [-0.4, -0.2) is 46.5 Å². The zero-order valence-electron chi connectivity index (χ0n) is 13.9. The van der Waals surface area contributed by atoms with E-state index in [1.807, 2.05) is 29.3 Å². The lowest BCUT2D eigenvalue weighted by Gasteiger charge is -2.35. The van der Waals surface area contributed by atoms with E-state index in [-0.39, 0.29) is 5.91 Å². The summed E-state index contributed by atoms with van der Waals surface area (Å²) in [7, 11) is 0. The second-order valence-electron chi connectivity index (χ2n) is 6.07. The van der Waals surface area contributed by atoms with Gasteiger partial charge in [0.2, 0.25) is 5.91 Å². The number of amides is 1. The van der Waals surface area contributed by atoms with Crippen LogP contribution in [-0.2, 0) is 11.3 Å². The highest BCUT2D eigenvalue weighted by molar-refractivity contribution is 5.76. The fraction of sp³-hybridized carbons (Fsp3) is 0.444. The lowest BCUT2D eigenvalue weighted by atomic mass is 10.2. The number of anilines is 1. The Balaban J connectivity index is 1.50. The van der Waals surface area contributed by atoms with Crippen molar-refractivity contribution in [3.63, 3.8) is 0 Å². The number of aromatic nitrogens is 2. The maximum absolute atomic E-state index is 12.4. The summed E-state index contributed by atoms with van der Waals surface area (Å²) in [6.45, 7) is 8.20. The number of piperazine rings is 1. The molecule has 1 aliphatic rings. The van der Waals surface area contributed by atoms with Crippen molar-refractivity contribution in [1.82, 2.24) is 14.5 Å². The third-order valence-electron chi connectivity index (χ3n) is 4.57. The topological polar surface area (TPSA) is 41.4 Å². The van der Waals surface area contributed by atoms with Gasteiger partial charge in [-0.3, -0.25) is 4.79 Å². The highest BCUT2D eigenvalue weighted by atomic mass is 16.2. The molecule has 3 heterocycles. The molecule has 23 heavy (non-hydrogen) atoms. The largest absolute Gasteiger partial charge is 0.353 e. The molecule has 122 valence electrons. The molecular weight excluding hydrogens is 288 g/mol. The van der Waals surface area contributed by atoms with Gasteiger partial charge in [0.25, 0.3) is 0 Å². The Morgan fingerprint density at radius 2 is 1.74 bits per heavy atom. The average molecular weight is 312 g/mol. The van der Waals surface area contributed by atoms with E-state index < -0.39 is 0 Å². The molecule has 1 fully saturated rings. The maximum atomic E-state index is 12.4. The van der Waals surface area contributed by atoms with Gasteiger partial charge < -0.3 is 14.4 Å². The lowest BCUT2D eigenvalue weighted by Crippen LogP contribution is -2.49. The standard InChI is InChI=1S/C18H24N4O/c1-15-6-7-16(2)22(15)10-8-18(23)21-13-11-20(12-14-21)17-5-3-4-9-19-17/h3-7,9H,8,10-14H2,1-2H3. The Hall–Kier alpha value is -2.30. The smallest absolute Gasteiger partial charge is 0.224 e. The molecule has 0 radical (unpaired) electrons. The van der Waals surface area contributed by atoms with Crippen molar-refractivity contribution in [1.29, 1.82) is 0 Å². The van der Waals surface area contributed by atoms with Gasteiger partial charge in [-0.2, -0.15) is 0 Å². The number of nitrogens with zero attached hydrogens (tertiary/aromatic N) is 4. The Morgan fingerprint density at radius 3 is 2.35 bits per heavy atom. The van der Waals surface area contributed by atoms with E-state index in [1.54, 1.807) is 0 Å². The Bertz CT molecular complexity index is 637. The van der Waals surface area contributed by atoms with Gasteiger partial charge in [0, 0.05) is 56.7 Å². The summed E-state index contributed by atoms with van der Waals surface area (Å²) >= 11 is 0. The Kier molecular flexibility index (Phi) is 4.65. The van der Waals surface area contributed by atoms with Crippen LogP contribution >= 0.6 is 0 Å². The first-order chi connectivity index (χ1) is 11.1. The number of aryl methyl sites for hydroxylation is 2. The maximum Gasteiger partial charge on any atom is 0.224 e. The molecule has 2 aromatic heterocycles. The van der Waals surface area contributed by atoms with Gasteiger partial charge in [0.1, 0.15) is 5.82 Å². The van der Waals surface area contributed by atoms with Gasteiger partial charge >= 0.3 is 0 Å². The summed E-state index contributed by atoms with van der Waals surface area (Å²) < 4.78 is 2.21. The summed E-state index contributed by atoms with van der Waals surface area (Å²) in [5.41, 5.74) is 2.44. The number of hydrogen-bond donors (Lipinski definition) is 0. The molecule has 0 aliphatic carbocycles. The molecule has 0 aromatic carbocycles. The zero-order chi connectivity index (χ0) is 16.2. The molecule has 0 saturated carbocycles. The summed E-state index contributed by atoms with van der Waals surface area (Å²) in [6, 6.07) is 10.2. The van der Waals surface area contributed by atoms with Crippen LogP contribution < -0.4 is 4.90 Å². The Labute approximate surface area is 137 Å². The molecule has 0 spiro atoms. The lowest BCUT2D eigenvalue weighted by molar-refractivity contribution is -0.131. The number of carbonyl (C=O) groups excluding carboxylic acids is 1. The number of rotatable bonds is 4. The molecule has 0 unspecified atom stereocenters. The second-order valence-corrected chi connectivity index (χ2v) is 6.07. The van der Waals surface area contributed by atoms with Gasteiger partial charge in [0.15, 0.2) is 0 Å². The van der Waals surface area contributed by atoms with Crippen molar-refractivity contribution >= 4 is 11.7 Å². The van der Waals surface area contributed by atoms with Crippen LogP contribution in [0.1, 0.15) is 17.8 Å². The number of pyridine rings is 1. The fourth-order valence-corrected chi connectivity index (χ4v) is 3.14. The molecule has 0 bridgehead atoms. The third-order valence-corrected chi connectivity index (χ3v) is 4.57. The predicted octanol–water partition coefficient (Wildman–Crippen LogP) is 2.24. The van der Waals surface area contributed by atoms with E-state index in [2.05, 4.69) is 40.4 Å². The highest BCUT2D eigenvalue weighted by Crippen LogP contribution is 2.14. The number of carbonyl (C=O) groups is 1. The van der Waals surface area contributed by atoms with Gasteiger partial charge in [-0.25, -0.2) is 4.98 Å². The molecule has 3 rings (SSSR count). The fourth-order valence-electron chi connectivity index (χ4n) is 3.14. The van der Waals surface area contributed by atoms with Gasteiger partial charge in [-0.05, 0) is 38.1 Å². The van der Waals surface area contributed by atoms with E-state index in [1.165, 1.54) is 11.4 Å². The minimum atomic E-state index is 0.248. The van der Waals surface area contributed by atoms with Crippen molar-refractivity contribution in [2.45, 2.75) is 26.8 Å². The van der Waals surface area contributed by atoms with E-state index in [4.69, 9.17) is 0 Å². The number of hydrogen-bond acceptors (Lipinski definition) is 3. The van der Waals surface area contributed by atoms with Crippen molar-refractivity contribution < 1.29 is 4.79 Å². The van der Waals surface area contributed by atoms with Crippen LogP contribution in [0, 0.1) is 13.8 Å². The van der Waals surface area contributed by atoms with Crippen molar-refractivity contribution in [3.05, 3.63) is 47.9 Å². The van der Waals surface area contributed by atoms with Crippen molar-refractivity contribution in [2.24, 2.45) is 0 Å². The molecule has 0 N–H and O–H groups in total. The van der Waals surface area contributed by atoms with Crippen LogP contribution in [0.5, 0.6) is 0 Å². The predicted molar refractivity (Wildman–Crippen MR) is 91.6 cm³/mol. The summed E-state index contributed by atoms with van der Waals surface area (Å²) in [6.07, 6.45) is 2.38. The quantitative estimate of drug-likeness (QED) is 0.869. The third kappa shape index (κ3) is 3.55. The van der Waals surface area contributed by atoms with Gasteiger partial charge in [-0.1, -0.05) is 6.07 Å². The van der Waals surface area contributed by atoms with Gasteiger partial charge in [-0.15, -0.1) is 0 Å². The van der Waals surface area contributed by atoms with Crippen LogP contribution in [0.25, 0.3) is 0 Å². The minimum Gasteiger partial charge on any atom is -0.353 e. The Morgan fingerprint density at radius 1 is 1.04 bits per heavy atom.